The quantitative estimate of drug-likeness (QED) is 0.459. The SMILES string of the molecule is COCCC(C)(O)CNC(=O)C(C)NC(N)=O. The number of carbonyl (C=O) groups is 2. The van der Waals surface area contributed by atoms with Gasteiger partial charge in [-0.15, -0.1) is 0 Å². The van der Waals surface area contributed by atoms with Crippen LogP contribution in [0.3, 0.4) is 0 Å². The van der Waals surface area contributed by atoms with Crippen molar-refractivity contribution >= 4 is 11.9 Å². The smallest absolute Gasteiger partial charge is 0.312 e. The lowest BCUT2D eigenvalue weighted by Crippen LogP contribution is -2.50. The van der Waals surface area contributed by atoms with E-state index in [9.17, 15) is 14.7 Å². The van der Waals surface area contributed by atoms with Crippen molar-refractivity contribution in [3.05, 3.63) is 0 Å². The molecule has 0 aromatic carbocycles. The molecular weight excluding hydrogens is 226 g/mol. The lowest BCUT2D eigenvalue weighted by atomic mass is 10.0. The Morgan fingerprint density at radius 2 is 2.12 bits per heavy atom. The van der Waals surface area contributed by atoms with E-state index < -0.39 is 23.6 Å². The number of primary amides is 1. The molecule has 100 valence electrons. The summed E-state index contributed by atoms with van der Waals surface area (Å²) in [6.07, 6.45) is 0.404. The van der Waals surface area contributed by atoms with Crippen LogP contribution in [0.2, 0.25) is 0 Å². The first kappa shape index (κ1) is 15.7. The van der Waals surface area contributed by atoms with E-state index in [2.05, 4.69) is 10.6 Å². The van der Waals surface area contributed by atoms with Crippen LogP contribution in [0.15, 0.2) is 0 Å². The number of amides is 3. The van der Waals surface area contributed by atoms with E-state index in [4.69, 9.17) is 10.5 Å². The average Bonchev–Trinajstić information content (AvgIpc) is 2.22. The molecule has 3 amide bonds. The van der Waals surface area contributed by atoms with Gasteiger partial charge < -0.3 is 26.2 Å². The topological polar surface area (TPSA) is 114 Å². The standard InChI is InChI=1S/C10H21N3O4/c1-7(13-9(11)15)8(14)12-6-10(2,16)4-5-17-3/h7,16H,4-6H2,1-3H3,(H,12,14)(H3,11,13,15). The summed E-state index contributed by atoms with van der Waals surface area (Å²) in [5, 5.41) is 14.6. The van der Waals surface area contributed by atoms with Crippen molar-refractivity contribution in [2.75, 3.05) is 20.3 Å². The highest BCUT2D eigenvalue weighted by molar-refractivity contribution is 5.86. The Morgan fingerprint density at radius 3 is 2.59 bits per heavy atom. The first-order valence-corrected chi connectivity index (χ1v) is 5.33. The summed E-state index contributed by atoms with van der Waals surface area (Å²) in [6, 6.07) is -1.50. The maximum atomic E-state index is 11.5. The van der Waals surface area contributed by atoms with Crippen LogP contribution in [-0.2, 0) is 9.53 Å². The average molecular weight is 247 g/mol. The van der Waals surface area contributed by atoms with Crippen molar-refractivity contribution in [3.8, 4) is 0 Å². The van der Waals surface area contributed by atoms with E-state index in [1.165, 1.54) is 14.0 Å². The molecule has 0 aromatic heterocycles. The third kappa shape index (κ3) is 7.53. The second kappa shape index (κ2) is 7.08. The van der Waals surface area contributed by atoms with E-state index in [-0.39, 0.29) is 6.54 Å². The number of rotatable bonds is 7. The predicted molar refractivity (Wildman–Crippen MR) is 62.3 cm³/mol. The van der Waals surface area contributed by atoms with Gasteiger partial charge in [0.25, 0.3) is 0 Å². The Bertz CT molecular complexity index is 268. The molecule has 2 atom stereocenters. The van der Waals surface area contributed by atoms with Crippen LogP contribution in [0.25, 0.3) is 0 Å². The molecule has 0 fully saturated rings. The molecule has 0 spiro atoms. The van der Waals surface area contributed by atoms with E-state index in [0.717, 1.165) is 0 Å². The van der Waals surface area contributed by atoms with E-state index in [1.807, 2.05) is 0 Å². The molecule has 0 aromatic rings. The highest BCUT2D eigenvalue weighted by Gasteiger charge is 2.22. The second-order valence-corrected chi connectivity index (χ2v) is 4.19. The summed E-state index contributed by atoms with van der Waals surface area (Å²) in [5.41, 5.74) is 3.84. The zero-order chi connectivity index (χ0) is 13.5. The predicted octanol–water partition coefficient (Wildman–Crippen LogP) is -1.05. The van der Waals surface area contributed by atoms with Gasteiger partial charge >= 0.3 is 6.03 Å². The summed E-state index contributed by atoms with van der Waals surface area (Å²) in [7, 11) is 1.54. The molecule has 0 aliphatic heterocycles. The fourth-order valence-electron chi connectivity index (χ4n) is 1.12. The Balaban J connectivity index is 4.01. The summed E-state index contributed by atoms with van der Waals surface area (Å²) in [6.45, 7) is 3.58. The number of hydrogen-bond acceptors (Lipinski definition) is 4. The molecule has 0 bridgehead atoms. The van der Waals surface area contributed by atoms with Gasteiger partial charge in [0, 0.05) is 26.7 Å². The molecule has 7 nitrogen and oxygen atoms in total. The minimum atomic E-state index is -1.04. The van der Waals surface area contributed by atoms with Crippen molar-refractivity contribution in [2.45, 2.75) is 31.9 Å². The van der Waals surface area contributed by atoms with Crippen molar-refractivity contribution in [3.63, 3.8) is 0 Å². The van der Waals surface area contributed by atoms with Crippen molar-refractivity contribution < 1.29 is 19.4 Å². The third-order valence-electron chi connectivity index (χ3n) is 2.24. The first-order chi connectivity index (χ1) is 7.78. The first-order valence-electron chi connectivity index (χ1n) is 5.33. The summed E-state index contributed by atoms with van der Waals surface area (Å²) >= 11 is 0. The number of hydrogen-bond donors (Lipinski definition) is 4. The molecule has 0 aliphatic carbocycles. The minimum Gasteiger partial charge on any atom is -0.388 e. The molecule has 7 heteroatoms. The van der Waals surface area contributed by atoms with Crippen LogP contribution < -0.4 is 16.4 Å². The molecular formula is C10H21N3O4. The third-order valence-corrected chi connectivity index (χ3v) is 2.24. The zero-order valence-electron chi connectivity index (χ0n) is 10.4. The number of methoxy groups -OCH3 is 1. The summed E-state index contributed by atoms with van der Waals surface area (Å²) in [4.78, 5) is 22.0. The van der Waals surface area contributed by atoms with Crippen LogP contribution in [0.4, 0.5) is 4.79 Å². The van der Waals surface area contributed by atoms with Crippen molar-refractivity contribution in [1.82, 2.24) is 10.6 Å². The lowest BCUT2D eigenvalue weighted by molar-refractivity contribution is -0.123. The number of urea groups is 1. The number of aliphatic hydroxyl groups is 1. The van der Waals surface area contributed by atoms with Gasteiger partial charge in [-0.2, -0.15) is 0 Å². The molecule has 0 heterocycles. The molecule has 17 heavy (non-hydrogen) atoms. The van der Waals surface area contributed by atoms with Gasteiger partial charge in [-0.1, -0.05) is 0 Å². The van der Waals surface area contributed by atoms with Crippen LogP contribution in [-0.4, -0.2) is 48.9 Å². The maximum Gasteiger partial charge on any atom is 0.312 e. The van der Waals surface area contributed by atoms with E-state index >= 15 is 0 Å². The van der Waals surface area contributed by atoms with Crippen molar-refractivity contribution in [1.29, 1.82) is 0 Å². The van der Waals surface area contributed by atoms with Gasteiger partial charge in [-0.25, -0.2) is 4.79 Å². The van der Waals surface area contributed by atoms with Gasteiger partial charge in [-0.05, 0) is 13.8 Å². The van der Waals surface area contributed by atoms with E-state index in [1.54, 1.807) is 6.92 Å². The summed E-state index contributed by atoms with van der Waals surface area (Å²) in [5.74, 6) is -0.401. The Hall–Kier alpha value is -1.34. The van der Waals surface area contributed by atoms with Crippen molar-refractivity contribution in [2.24, 2.45) is 5.73 Å². The van der Waals surface area contributed by atoms with Gasteiger partial charge in [0.05, 0.1) is 5.60 Å². The monoisotopic (exact) mass is 247 g/mol. The molecule has 0 saturated carbocycles. The Kier molecular flexibility index (Phi) is 6.52. The highest BCUT2D eigenvalue weighted by Crippen LogP contribution is 2.07. The number of carbonyl (C=O) groups excluding carboxylic acids is 2. The normalized spacial score (nSPS) is 15.8. The zero-order valence-corrected chi connectivity index (χ0v) is 10.4. The number of ether oxygens (including phenoxy) is 1. The minimum absolute atomic E-state index is 0.0833. The van der Waals surface area contributed by atoms with Gasteiger partial charge in [0.1, 0.15) is 6.04 Å². The maximum absolute atomic E-state index is 11.5. The lowest BCUT2D eigenvalue weighted by Gasteiger charge is -2.24. The molecule has 0 radical (unpaired) electrons. The van der Waals surface area contributed by atoms with Gasteiger partial charge in [-0.3, -0.25) is 4.79 Å². The molecule has 2 unspecified atom stereocenters. The van der Waals surface area contributed by atoms with Crippen LogP contribution >= 0.6 is 0 Å². The van der Waals surface area contributed by atoms with Gasteiger partial charge in [0.15, 0.2) is 0 Å². The Labute approximate surface area is 101 Å². The molecule has 0 aliphatic rings. The van der Waals surface area contributed by atoms with Gasteiger partial charge in [0.2, 0.25) is 5.91 Å². The fraction of sp³-hybridized carbons (Fsp3) is 0.800. The van der Waals surface area contributed by atoms with Crippen LogP contribution in [0.1, 0.15) is 20.3 Å². The molecule has 5 N–H and O–H groups in total. The fourth-order valence-corrected chi connectivity index (χ4v) is 1.12. The molecule has 0 saturated heterocycles. The van der Waals surface area contributed by atoms with E-state index in [0.29, 0.717) is 13.0 Å². The highest BCUT2D eigenvalue weighted by atomic mass is 16.5. The second-order valence-electron chi connectivity index (χ2n) is 4.19. The number of nitrogens with one attached hydrogen (secondary N) is 2. The van der Waals surface area contributed by atoms with Crippen LogP contribution in [0, 0.1) is 0 Å². The number of nitrogens with two attached hydrogens (primary N) is 1. The molecule has 0 rings (SSSR count). The Morgan fingerprint density at radius 1 is 1.53 bits per heavy atom. The largest absolute Gasteiger partial charge is 0.388 e. The summed E-state index contributed by atoms with van der Waals surface area (Å²) < 4.78 is 4.84. The van der Waals surface area contributed by atoms with Crippen LogP contribution in [0.5, 0.6) is 0 Å².